The molecule has 0 aromatic carbocycles. The van der Waals surface area contributed by atoms with E-state index >= 15 is 0 Å². The Bertz CT molecular complexity index is 578. The zero-order valence-electron chi connectivity index (χ0n) is 12.2. The van der Waals surface area contributed by atoms with Gasteiger partial charge in [-0.1, -0.05) is 13.8 Å². The molecule has 1 aliphatic rings. The van der Waals surface area contributed by atoms with E-state index in [2.05, 4.69) is 4.98 Å². The van der Waals surface area contributed by atoms with Crippen LogP contribution in [0.15, 0.2) is 18.3 Å². The van der Waals surface area contributed by atoms with Crippen molar-refractivity contribution in [3.8, 4) is 0 Å². The number of carboxylic acids is 1. The summed E-state index contributed by atoms with van der Waals surface area (Å²) in [6.07, 6.45) is 1.30. The van der Waals surface area contributed by atoms with E-state index in [1.807, 2.05) is 13.8 Å². The monoisotopic (exact) mass is 295 g/mol. The fourth-order valence-corrected chi connectivity index (χ4v) is 2.94. The van der Waals surface area contributed by atoms with Gasteiger partial charge in [0, 0.05) is 25.2 Å². The van der Waals surface area contributed by atoms with Crippen molar-refractivity contribution in [1.29, 1.82) is 0 Å². The molecule has 1 aromatic rings. The molecule has 0 saturated carbocycles. The zero-order valence-corrected chi connectivity index (χ0v) is 12.2. The predicted molar refractivity (Wildman–Crippen MR) is 72.5 cm³/mol. The topological polar surface area (TPSA) is 73.3 Å². The van der Waals surface area contributed by atoms with Crippen LogP contribution < -0.4 is 9.59 Å². The second-order valence-corrected chi connectivity index (χ2v) is 5.77. The molecule has 1 aliphatic heterocycles. The van der Waals surface area contributed by atoms with Crippen LogP contribution in [0.4, 0.5) is 14.9 Å². The van der Waals surface area contributed by atoms with Crippen molar-refractivity contribution in [3.05, 3.63) is 24.3 Å². The van der Waals surface area contributed by atoms with Crippen molar-refractivity contribution in [2.75, 3.05) is 20.1 Å². The number of carbonyl (C=O) groups excluding carboxylic acids is 2. The van der Waals surface area contributed by atoms with Crippen LogP contribution in [0.2, 0.25) is 0 Å². The number of aromatic nitrogens is 1. The van der Waals surface area contributed by atoms with Crippen LogP contribution in [0.3, 0.4) is 0 Å². The second-order valence-electron chi connectivity index (χ2n) is 5.77. The van der Waals surface area contributed by atoms with Gasteiger partial charge in [-0.25, -0.2) is 14.3 Å². The fourth-order valence-electron chi connectivity index (χ4n) is 2.94. The van der Waals surface area contributed by atoms with Crippen LogP contribution in [0.5, 0.6) is 0 Å². The van der Waals surface area contributed by atoms with Gasteiger partial charge in [-0.2, -0.15) is 4.39 Å². The van der Waals surface area contributed by atoms with Gasteiger partial charge in [0.1, 0.15) is 12.6 Å². The summed E-state index contributed by atoms with van der Waals surface area (Å²) in [5, 5.41) is 11.2. The molecule has 114 valence electrons. The molecule has 2 unspecified atom stereocenters. The average molecular weight is 295 g/mol. The molecule has 1 saturated heterocycles. The lowest BCUT2D eigenvalue weighted by Gasteiger charge is -2.31. The summed E-state index contributed by atoms with van der Waals surface area (Å²) in [6, 6.07) is 1.49. The van der Waals surface area contributed by atoms with Gasteiger partial charge in [0.15, 0.2) is 5.69 Å². The van der Waals surface area contributed by atoms with E-state index in [1.165, 1.54) is 19.3 Å². The highest BCUT2D eigenvalue weighted by Crippen LogP contribution is 2.34. The predicted octanol–water partition coefficient (Wildman–Crippen LogP) is 0.368. The summed E-state index contributed by atoms with van der Waals surface area (Å²) in [5.41, 5.74) is 0.104. The van der Waals surface area contributed by atoms with Crippen LogP contribution in [0.1, 0.15) is 13.8 Å². The molecule has 0 bridgehead atoms. The van der Waals surface area contributed by atoms with Crippen molar-refractivity contribution in [3.63, 3.8) is 0 Å². The Balaban J connectivity index is 2.57. The number of pyridine rings is 1. The molecule has 1 aromatic heterocycles. The smallest absolute Gasteiger partial charge is 0.424 e. The number of quaternary nitrogens is 1. The van der Waals surface area contributed by atoms with Gasteiger partial charge in [-0.15, -0.1) is 0 Å². The summed E-state index contributed by atoms with van der Waals surface area (Å²) in [4.78, 5) is 28.6. The number of amides is 2. The maximum absolute atomic E-state index is 14.1. The number of hydrogen-bond acceptors (Lipinski definition) is 4. The van der Waals surface area contributed by atoms with Crippen molar-refractivity contribution < 1.29 is 19.1 Å². The van der Waals surface area contributed by atoms with Gasteiger partial charge in [-0.05, 0) is 6.07 Å². The Morgan fingerprint density at radius 3 is 2.76 bits per heavy atom. The number of rotatable bonds is 4. The third-order valence-corrected chi connectivity index (χ3v) is 3.77. The average Bonchev–Trinajstić information content (AvgIpc) is 2.65. The Morgan fingerprint density at radius 1 is 1.62 bits per heavy atom. The Kier molecular flexibility index (Phi) is 3.95. The number of hydrogen-bond donors (Lipinski definition) is 0. The number of carbonyl (C=O) groups is 2. The highest BCUT2D eigenvalue weighted by molar-refractivity contribution is 5.94. The molecular formula is C14H18FN3O3. The number of carboxylic acid groups (broad SMARTS) is 1. The van der Waals surface area contributed by atoms with Crippen molar-refractivity contribution in [1.82, 2.24) is 14.4 Å². The summed E-state index contributed by atoms with van der Waals surface area (Å²) < 4.78 is 13.7. The van der Waals surface area contributed by atoms with Gasteiger partial charge in [0.2, 0.25) is 0 Å². The number of halogens is 1. The largest absolute Gasteiger partial charge is 0.548 e. The molecule has 0 radical (unpaired) electrons. The summed E-state index contributed by atoms with van der Waals surface area (Å²) in [5.74, 6) is -2.01. The molecule has 2 atom stereocenters. The minimum atomic E-state index is -1.33. The van der Waals surface area contributed by atoms with Crippen molar-refractivity contribution >= 4 is 17.7 Å². The molecule has 2 rings (SSSR count). The zero-order chi connectivity index (χ0) is 15.8. The van der Waals surface area contributed by atoms with Crippen LogP contribution >= 0.6 is 0 Å². The lowest BCUT2D eigenvalue weighted by atomic mass is 10.1. The van der Waals surface area contributed by atoms with E-state index in [4.69, 9.17) is 0 Å². The first kappa shape index (κ1) is 15.4. The highest BCUT2D eigenvalue weighted by atomic mass is 19.1. The molecule has 1 fully saturated rings. The quantitative estimate of drug-likeness (QED) is 0.594. The first-order valence-corrected chi connectivity index (χ1v) is 6.76. The number of aliphatic carboxylic acids is 1. The van der Waals surface area contributed by atoms with Gasteiger partial charge in [-0.3, -0.25) is 4.90 Å². The van der Waals surface area contributed by atoms with Gasteiger partial charge in [0.25, 0.3) is 5.95 Å². The standard InChI is InChI=1S/C14H18FN3O3/c1-9(2)7-18(11-5-4-6-16-12(11)15)8-10(13(19)20)17(3)14(18)21/h4-6,9-10H,7-8H2,1-3H3. The Hall–Kier alpha value is -2.02. The Morgan fingerprint density at radius 2 is 2.29 bits per heavy atom. The molecule has 6 nitrogen and oxygen atoms in total. The second kappa shape index (κ2) is 5.40. The maximum Gasteiger partial charge on any atom is 0.424 e. The van der Waals surface area contributed by atoms with Crippen LogP contribution in [-0.4, -0.2) is 48.1 Å². The molecular weight excluding hydrogens is 277 g/mol. The molecule has 0 aliphatic carbocycles. The first-order valence-electron chi connectivity index (χ1n) is 6.76. The van der Waals surface area contributed by atoms with Crippen molar-refractivity contribution in [2.45, 2.75) is 19.9 Å². The molecule has 0 spiro atoms. The summed E-state index contributed by atoms with van der Waals surface area (Å²) in [6.45, 7) is 4.04. The third kappa shape index (κ3) is 2.49. The van der Waals surface area contributed by atoms with E-state index < -0.39 is 24.0 Å². The van der Waals surface area contributed by atoms with Crippen molar-refractivity contribution in [2.24, 2.45) is 5.92 Å². The number of nitrogens with zero attached hydrogens (tertiary/aromatic N) is 3. The fraction of sp³-hybridized carbons (Fsp3) is 0.500. The minimum Gasteiger partial charge on any atom is -0.548 e. The molecule has 2 heterocycles. The van der Waals surface area contributed by atoms with Crippen LogP contribution in [-0.2, 0) is 4.79 Å². The number of urea groups is 1. The van der Waals surface area contributed by atoms with E-state index in [0.717, 1.165) is 4.90 Å². The summed E-state index contributed by atoms with van der Waals surface area (Å²) >= 11 is 0. The normalized spacial score (nSPS) is 25.7. The van der Waals surface area contributed by atoms with Gasteiger partial charge >= 0.3 is 6.03 Å². The van der Waals surface area contributed by atoms with Crippen LogP contribution in [0.25, 0.3) is 0 Å². The molecule has 7 heteroatoms. The lowest BCUT2D eigenvalue weighted by Crippen LogP contribution is -2.55. The third-order valence-electron chi connectivity index (χ3n) is 3.77. The number of likely N-dealkylation sites (N-methyl/N-ethyl adjacent to an activating group) is 1. The maximum atomic E-state index is 14.1. The van der Waals surface area contributed by atoms with Gasteiger partial charge < -0.3 is 9.90 Å². The van der Waals surface area contributed by atoms with E-state index in [-0.39, 0.29) is 22.6 Å². The SMILES string of the molecule is CC(C)C[N+]1(c2cccnc2F)CC(C(=O)[O-])N(C)C1=O. The molecule has 0 N–H and O–H groups in total. The van der Waals surface area contributed by atoms with Gasteiger partial charge in [0.05, 0.1) is 12.5 Å². The lowest BCUT2D eigenvalue weighted by molar-refractivity contribution is -0.309. The first-order chi connectivity index (χ1) is 9.79. The highest BCUT2D eigenvalue weighted by Gasteiger charge is 2.54. The van der Waals surface area contributed by atoms with Crippen LogP contribution in [0, 0.1) is 11.9 Å². The van der Waals surface area contributed by atoms with E-state index in [0.29, 0.717) is 6.54 Å². The van der Waals surface area contributed by atoms with E-state index in [9.17, 15) is 19.1 Å². The van der Waals surface area contributed by atoms with E-state index in [1.54, 1.807) is 6.07 Å². The molecule has 2 amide bonds. The Labute approximate surface area is 122 Å². The minimum absolute atomic E-state index is 0.0571. The summed E-state index contributed by atoms with van der Waals surface area (Å²) in [7, 11) is 1.40. The molecule has 21 heavy (non-hydrogen) atoms.